The minimum Gasteiger partial charge on any atom is -0.481 e. The number of rotatable bonds is 13. The first kappa shape index (κ1) is 46.4. The second-order valence-electron chi connectivity index (χ2n) is 9.54. The molecule has 1 rings (SSSR count). The molecule has 0 saturated carbocycles. The third kappa shape index (κ3) is 21.9. The summed E-state index contributed by atoms with van der Waals surface area (Å²) in [6, 6.07) is 3.81. The number of carbonyl (C=O) groups excluding carboxylic acids is 4. The van der Waals surface area contributed by atoms with E-state index in [1.165, 1.54) is 6.08 Å². The maximum atomic E-state index is 12.7. The molecule has 0 heterocycles. The quantitative estimate of drug-likeness (QED) is 0.0345. The van der Waals surface area contributed by atoms with Gasteiger partial charge in [-0.05, 0) is 36.2 Å². The minimum atomic E-state index is -5.08. The fraction of sp³-hybridized carbons (Fsp3) is 0.407. The molecule has 0 aliphatic heterocycles. The van der Waals surface area contributed by atoms with Gasteiger partial charge < -0.3 is 47.5 Å². The molecule has 0 bridgehead atoms. The Morgan fingerprint density at radius 2 is 1.36 bits per heavy atom. The Labute approximate surface area is 278 Å². The van der Waals surface area contributed by atoms with Crippen molar-refractivity contribution >= 4 is 59.4 Å². The standard InChI is InChI=1S/C23H32N6O7.2C2HF3O2/c1-4-26-12-17(30)28-16(11-18(31)32)21(34)29-20(13(2)3)22(35)36-19(33)10-7-14-5-8-15(9-6-14)27-23(24)25;2*3-2(4,5)1(6)7/h5-10,13,16,20,26H,4,11-12H2,1-3H3,(H,28,30)(H,29,34)(H,31,32)(H4,24,25,27);2*(H,6,7)/t16-,20-;;/m0../s1. The lowest BCUT2D eigenvalue weighted by atomic mass is 10.0. The van der Waals surface area contributed by atoms with E-state index < -0.39 is 78.4 Å². The van der Waals surface area contributed by atoms with E-state index in [0.717, 1.165) is 6.08 Å². The zero-order valence-corrected chi connectivity index (χ0v) is 26.3. The monoisotopic (exact) mass is 732 g/mol. The summed E-state index contributed by atoms with van der Waals surface area (Å²) in [5.41, 5.74) is 11.7. The first-order valence-corrected chi connectivity index (χ1v) is 13.6. The van der Waals surface area contributed by atoms with Crippen LogP contribution in [0, 0.1) is 5.92 Å². The maximum Gasteiger partial charge on any atom is 0.490 e. The second kappa shape index (κ2) is 22.0. The van der Waals surface area contributed by atoms with E-state index in [0.29, 0.717) is 17.8 Å². The third-order valence-corrected chi connectivity index (χ3v) is 5.03. The molecule has 17 nitrogen and oxygen atoms in total. The molecule has 0 aliphatic carbocycles. The Morgan fingerprint density at radius 3 is 1.74 bits per heavy atom. The number of halogens is 6. The van der Waals surface area contributed by atoms with Crippen LogP contribution in [0.15, 0.2) is 35.3 Å². The molecule has 0 fully saturated rings. The SMILES string of the molecule is CCNCC(=O)N[C@@H](CC(=O)O)C(=O)N[C@H](C(=O)OC(=O)C=Cc1ccc(N=C(N)N)cc1)C(C)C.O=C(O)C(F)(F)F.O=C(O)C(F)(F)F. The molecule has 0 unspecified atom stereocenters. The van der Waals surface area contributed by atoms with Crippen LogP contribution in [0.5, 0.6) is 0 Å². The average Bonchev–Trinajstić information content (AvgIpc) is 2.96. The van der Waals surface area contributed by atoms with Gasteiger partial charge in [-0.1, -0.05) is 32.9 Å². The number of aliphatic carboxylic acids is 3. The van der Waals surface area contributed by atoms with Gasteiger partial charge in [0.25, 0.3) is 0 Å². The van der Waals surface area contributed by atoms with Crippen molar-refractivity contribution in [2.24, 2.45) is 22.4 Å². The lowest BCUT2D eigenvalue weighted by Crippen LogP contribution is -2.55. The number of nitrogens with two attached hydrogens (primary N) is 2. The zero-order valence-electron chi connectivity index (χ0n) is 26.3. The molecule has 280 valence electrons. The van der Waals surface area contributed by atoms with E-state index >= 15 is 0 Å². The molecule has 23 heteroatoms. The lowest BCUT2D eigenvalue weighted by Gasteiger charge is -2.23. The molecule has 50 heavy (non-hydrogen) atoms. The van der Waals surface area contributed by atoms with Crippen LogP contribution < -0.4 is 27.4 Å². The number of carbonyl (C=O) groups is 7. The lowest BCUT2D eigenvalue weighted by molar-refractivity contribution is -0.193. The highest BCUT2D eigenvalue weighted by molar-refractivity contribution is 5.98. The average molecular weight is 733 g/mol. The van der Waals surface area contributed by atoms with Crippen LogP contribution in [-0.2, 0) is 38.3 Å². The van der Waals surface area contributed by atoms with Gasteiger partial charge in [0.15, 0.2) is 5.96 Å². The van der Waals surface area contributed by atoms with Gasteiger partial charge in [-0.3, -0.25) is 14.4 Å². The van der Waals surface area contributed by atoms with E-state index in [2.05, 4.69) is 20.9 Å². The molecule has 2 amide bonds. The molecule has 1 aromatic carbocycles. The number of alkyl halides is 6. The molecular formula is C27H34F6N6O11. The van der Waals surface area contributed by atoms with Gasteiger partial charge in [0.2, 0.25) is 11.8 Å². The Morgan fingerprint density at radius 1 is 0.880 bits per heavy atom. The van der Waals surface area contributed by atoms with Crippen molar-refractivity contribution in [2.75, 3.05) is 13.1 Å². The van der Waals surface area contributed by atoms with Crippen molar-refractivity contribution in [3.8, 4) is 0 Å². The fourth-order valence-corrected chi connectivity index (χ4v) is 2.79. The summed E-state index contributed by atoms with van der Waals surface area (Å²) < 4.78 is 68.3. The summed E-state index contributed by atoms with van der Waals surface area (Å²) >= 11 is 0. The predicted octanol–water partition coefficient (Wildman–Crippen LogP) is 0.651. The highest BCUT2D eigenvalue weighted by Gasteiger charge is 2.39. The summed E-state index contributed by atoms with van der Waals surface area (Å²) in [7, 11) is 0. The van der Waals surface area contributed by atoms with Gasteiger partial charge in [-0.15, -0.1) is 0 Å². The normalized spacial score (nSPS) is 12.1. The van der Waals surface area contributed by atoms with Gasteiger partial charge >= 0.3 is 42.2 Å². The summed E-state index contributed by atoms with van der Waals surface area (Å²) in [5, 5.41) is 30.8. The van der Waals surface area contributed by atoms with Gasteiger partial charge in [0, 0.05) is 6.08 Å². The highest BCUT2D eigenvalue weighted by Crippen LogP contribution is 2.15. The summed E-state index contributed by atoms with van der Waals surface area (Å²) in [6.07, 6.45) is -8.44. The maximum absolute atomic E-state index is 12.7. The number of carboxylic acids is 3. The second-order valence-corrected chi connectivity index (χ2v) is 9.54. The van der Waals surface area contributed by atoms with E-state index in [1.807, 2.05) is 0 Å². The first-order valence-electron chi connectivity index (χ1n) is 13.6. The number of hydrogen-bond donors (Lipinski definition) is 8. The number of nitrogens with one attached hydrogen (secondary N) is 3. The molecule has 0 aromatic heterocycles. The van der Waals surface area contributed by atoms with Crippen molar-refractivity contribution < 1.29 is 80.0 Å². The predicted molar refractivity (Wildman–Crippen MR) is 159 cm³/mol. The molecular weight excluding hydrogens is 698 g/mol. The third-order valence-electron chi connectivity index (χ3n) is 5.03. The van der Waals surface area contributed by atoms with E-state index in [9.17, 15) is 50.3 Å². The van der Waals surface area contributed by atoms with Crippen molar-refractivity contribution in [2.45, 2.75) is 51.6 Å². The number of aliphatic imine (C=N–C) groups is 1. The van der Waals surface area contributed by atoms with Gasteiger partial charge in [0.05, 0.1) is 18.7 Å². The van der Waals surface area contributed by atoms with Gasteiger partial charge in [-0.2, -0.15) is 26.3 Å². The van der Waals surface area contributed by atoms with Crippen molar-refractivity contribution in [1.29, 1.82) is 0 Å². The number of ether oxygens (including phenoxy) is 1. The van der Waals surface area contributed by atoms with Crippen LogP contribution >= 0.6 is 0 Å². The van der Waals surface area contributed by atoms with Crippen LogP contribution in [0.1, 0.15) is 32.8 Å². The van der Waals surface area contributed by atoms with Crippen molar-refractivity contribution in [1.82, 2.24) is 16.0 Å². The van der Waals surface area contributed by atoms with Crippen molar-refractivity contribution in [3.63, 3.8) is 0 Å². The highest BCUT2D eigenvalue weighted by atomic mass is 19.4. The van der Waals surface area contributed by atoms with Gasteiger partial charge in [0.1, 0.15) is 12.1 Å². The molecule has 0 aliphatic rings. The smallest absolute Gasteiger partial charge is 0.481 e. The minimum absolute atomic E-state index is 0.0997. The number of guanidine groups is 1. The Hall–Kier alpha value is -5.74. The van der Waals surface area contributed by atoms with Crippen LogP contribution in [0.4, 0.5) is 32.0 Å². The number of hydrogen-bond acceptors (Lipinski definition) is 10. The summed E-state index contributed by atoms with van der Waals surface area (Å²) in [4.78, 5) is 82.1. The topological polar surface area (TPSA) is 290 Å². The zero-order chi connectivity index (χ0) is 39.4. The molecule has 10 N–H and O–H groups in total. The van der Waals surface area contributed by atoms with E-state index in [4.69, 9.17) is 41.1 Å². The Kier molecular flexibility index (Phi) is 20.4. The fourth-order valence-electron chi connectivity index (χ4n) is 2.79. The van der Waals surface area contributed by atoms with Crippen LogP contribution in [0.3, 0.4) is 0 Å². The number of carboxylic acid groups (broad SMARTS) is 3. The number of benzene rings is 1. The van der Waals surface area contributed by atoms with Crippen LogP contribution in [-0.4, -0.2) is 100 Å². The number of esters is 2. The van der Waals surface area contributed by atoms with E-state index in [1.54, 1.807) is 45.0 Å². The Balaban J connectivity index is 0. The molecule has 1 aromatic rings. The summed E-state index contributed by atoms with van der Waals surface area (Å²) in [6.45, 7) is 5.35. The first-order chi connectivity index (χ1) is 22.8. The van der Waals surface area contributed by atoms with Crippen LogP contribution in [0.2, 0.25) is 0 Å². The number of nitrogens with zero attached hydrogens (tertiary/aromatic N) is 1. The van der Waals surface area contributed by atoms with E-state index in [-0.39, 0.29) is 12.5 Å². The molecule has 2 atom stereocenters. The molecule has 0 radical (unpaired) electrons. The molecule has 0 saturated heterocycles. The number of amides is 2. The van der Waals surface area contributed by atoms with Gasteiger partial charge in [-0.25, -0.2) is 24.2 Å². The largest absolute Gasteiger partial charge is 0.490 e. The molecule has 0 spiro atoms. The Bertz CT molecular complexity index is 1370. The number of likely N-dealkylation sites (N-methyl/N-ethyl adjacent to an activating group) is 1. The van der Waals surface area contributed by atoms with Crippen LogP contribution in [0.25, 0.3) is 6.08 Å². The summed E-state index contributed by atoms with van der Waals surface area (Å²) in [5.74, 6) is -11.0. The van der Waals surface area contributed by atoms with Crippen molar-refractivity contribution in [3.05, 3.63) is 35.9 Å².